The third kappa shape index (κ3) is 12.6. The molecule has 0 unspecified atom stereocenters. The normalized spacial score (nSPS) is 14.2. The summed E-state index contributed by atoms with van der Waals surface area (Å²) >= 11 is 0. The molecule has 1 aliphatic carbocycles. The predicted molar refractivity (Wildman–Crippen MR) is 82.9 cm³/mol. The third-order valence-electron chi connectivity index (χ3n) is 1.46. The van der Waals surface area contributed by atoms with E-state index in [0.29, 0.717) is 5.71 Å². The highest BCUT2D eigenvalue weighted by atomic mass is 14.4. The van der Waals surface area contributed by atoms with Gasteiger partial charge in [0.1, 0.15) is 0 Å². The van der Waals surface area contributed by atoms with Crippen molar-refractivity contribution in [2.24, 2.45) is 0 Å². The smallest absolute Gasteiger partial charge is 0.0609 e. The molecule has 0 aromatic carbocycles. The average molecular weight is 235 g/mol. The highest BCUT2D eigenvalue weighted by Crippen LogP contribution is 2.06. The van der Waals surface area contributed by atoms with E-state index in [1.54, 1.807) is 6.08 Å². The fraction of sp³-hybridized carbons (Fsp3) is 0.438. The van der Waals surface area contributed by atoms with Crippen molar-refractivity contribution in [2.75, 3.05) is 0 Å². The van der Waals surface area contributed by atoms with Crippen LogP contribution in [0.2, 0.25) is 0 Å². The van der Waals surface area contributed by atoms with Gasteiger partial charge in [-0.3, -0.25) is 0 Å². The van der Waals surface area contributed by atoms with Crippen LogP contribution < -0.4 is 0 Å². The van der Waals surface area contributed by atoms with E-state index in [9.17, 15) is 0 Å². The molecular formula is C16H29N. The molecule has 0 atom stereocenters. The maximum atomic E-state index is 7.54. The lowest BCUT2D eigenvalue weighted by atomic mass is 10.1. The Kier molecular flexibility index (Phi) is 24.8. The largest absolute Gasteiger partial charge is 0.300 e. The monoisotopic (exact) mass is 235 g/mol. The summed E-state index contributed by atoms with van der Waals surface area (Å²) in [5.41, 5.74) is 1.48. The number of hydrogen-bond acceptors (Lipinski definition) is 1. The fourth-order valence-electron chi connectivity index (χ4n) is 0.918. The van der Waals surface area contributed by atoms with Crippen LogP contribution in [0.25, 0.3) is 0 Å². The van der Waals surface area contributed by atoms with Crippen LogP contribution in [0.3, 0.4) is 0 Å². The second-order valence-electron chi connectivity index (χ2n) is 2.31. The van der Waals surface area contributed by atoms with Gasteiger partial charge in [0.05, 0.1) is 5.71 Å². The standard InChI is InChI=1S/C10H11N.3C2H6/c1-2-6-9-7-4-3-5-8-10(9)11;3*1-2/h2,4-8,11H,1,3H2;3*1-2H3/b9-6-,11-10?;;;. The lowest BCUT2D eigenvalue weighted by Gasteiger charge is -1.94. The summed E-state index contributed by atoms with van der Waals surface area (Å²) in [7, 11) is 0. The summed E-state index contributed by atoms with van der Waals surface area (Å²) in [5.74, 6) is 0. The Bertz CT molecular complexity index is 255. The summed E-state index contributed by atoms with van der Waals surface area (Å²) in [4.78, 5) is 0. The van der Waals surface area contributed by atoms with Gasteiger partial charge in [0.2, 0.25) is 0 Å². The zero-order valence-electron chi connectivity index (χ0n) is 12.4. The van der Waals surface area contributed by atoms with Crippen LogP contribution in [0.5, 0.6) is 0 Å². The van der Waals surface area contributed by atoms with E-state index < -0.39 is 0 Å². The van der Waals surface area contributed by atoms with Gasteiger partial charge >= 0.3 is 0 Å². The second-order valence-corrected chi connectivity index (χ2v) is 2.31. The van der Waals surface area contributed by atoms with Crippen molar-refractivity contribution < 1.29 is 0 Å². The zero-order chi connectivity index (χ0) is 14.1. The van der Waals surface area contributed by atoms with Crippen LogP contribution in [0.15, 0.2) is 48.6 Å². The van der Waals surface area contributed by atoms with E-state index in [1.807, 2.05) is 71.9 Å². The molecule has 0 radical (unpaired) electrons. The average Bonchev–Trinajstić information content (AvgIpc) is 2.63. The predicted octanol–water partition coefficient (Wildman–Crippen LogP) is 5.71. The van der Waals surface area contributed by atoms with Gasteiger partial charge in [-0.2, -0.15) is 0 Å². The maximum absolute atomic E-state index is 7.54. The van der Waals surface area contributed by atoms with E-state index in [1.165, 1.54) is 0 Å². The van der Waals surface area contributed by atoms with Gasteiger partial charge in [-0.05, 0) is 18.1 Å². The molecule has 1 heteroatoms. The molecule has 0 fully saturated rings. The van der Waals surface area contributed by atoms with Crippen molar-refractivity contribution in [3.8, 4) is 0 Å². The first-order valence-electron chi connectivity index (χ1n) is 6.59. The van der Waals surface area contributed by atoms with Crippen LogP contribution in [0.4, 0.5) is 0 Å². The Hall–Kier alpha value is -1.37. The summed E-state index contributed by atoms with van der Waals surface area (Å²) < 4.78 is 0. The van der Waals surface area contributed by atoms with Gasteiger partial charge in [-0.1, -0.05) is 78.5 Å². The summed E-state index contributed by atoms with van der Waals surface area (Å²) in [5, 5.41) is 7.54. The fourth-order valence-corrected chi connectivity index (χ4v) is 0.918. The molecule has 1 N–H and O–H groups in total. The molecule has 0 spiro atoms. The highest BCUT2D eigenvalue weighted by molar-refractivity contribution is 6.08. The lowest BCUT2D eigenvalue weighted by molar-refractivity contribution is 1.41. The first-order valence-corrected chi connectivity index (χ1v) is 6.59. The third-order valence-corrected chi connectivity index (χ3v) is 1.46. The van der Waals surface area contributed by atoms with E-state index in [-0.39, 0.29) is 0 Å². The Morgan fingerprint density at radius 2 is 1.47 bits per heavy atom. The van der Waals surface area contributed by atoms with Gasteiger partial charge in [-0.25, -0.2) is 0 Å². The topological polar surface area (TPSA) is 23.9 Å². The quantitative estimate of drug-likeness (QED) is 0.601. The van der Waals surface area contributed by atoms with E-state index in [4.69, 9.17) is 5.41 Å². The summed E-state index contributed by atoms with van der Waals surface area (Å²) in [6, 6.07) is 0. The van der Waals surface area contributed by atoms with E-state index in [0.717, 1.165) is 12.0 Å². The maximum Gasteiger partial charge on any atom is 0.0609 e. The first kappa shape index (κ1) is 21.0. The summed E-state index contributed by atoms with van der Waals surface area (Å²) in [6.45, 7) is 15.6. The molecule has 0 bridgehead atoms. The minimum Gasteiger partial charge on any atom is -0.300 e. The Labute approximate surface area is 108 Å². The van der Waals surface area contributed by atoms with Crippen LogP contribution in [0.1, 0.15) is 48.0 Å². The second kappa shape index (κ2) is 20.1. The van der Waals surface area contributed by atoms with Crippen molar-refractivity contribution in [3.63, 3.8) is 0 Å². The van der Waals surface area contributed by atoms with Crippen LogP contribution >= 0.6 is 0 Å². The molecule has 1 nitrogen and oxygen atoms in total. The molecule has 1 aliphatic rings. The Morgan fingerprint density at radius 1 is 1.00 bits per heavy atom. The Morgan fingerprint density at radius 3 is 1.94 bits per heavy atom. The number of nitrogens with one attached hydrogen (secondary N) is 1. The van der Waals surface area contributed by atoms with E-state index in [2.05, 4.69) is 6.58 Å². The Balaban J connectivity index is -0.000000285. The SMILES string of the molecule is C=C/C=C1/C=CCC=CC1=N.CC.CC.CC. The lowest BCUT2D eigenvalue weighted by Crippen LogP contribution is -1.91. The van der Waals surface area contributed by atoms with Gasteiger partial charge in [0, 0.05) is 0 Å². The van der Waals surface area contributed by atoms with E-state index >= 15 is 0 Å². The van der Waals surface area contributed by atoms with Crippen molar-refractivity contribution in [1.82, 2.24) is 0 Å². The molecule has 1 rings (SSSR count). The van der Waals surface area contributed by atoms with Crippen molar-refractivity contribution in [1.29, 1.82) is 5.41 Å². The molecule has 0 heterocycles. The molecule has 0 aromatic heterocycles. The number of allylic oxidation sites excluding steroid dienone is 7. The molecule has 0 amide bonds. The number of hydrogen-bond donors (Lipinski definition) is 1. The zero-order valence-corrected chi connectivity index (χ0v) is 12.4. The molecule has 17 heavy (non-hydrogen) atoms. The highest BCUT2D eigenvalue weighted by Gasteiger charge is 1.97. The van der Waals surface area contributed by atoms with Gasteiger partial charge in [0.25, 0.3) is 0 Å². The summed E-state index contributed by atoms with van der Waals surface area (Å²) in [6.07, 6.45) is 12.2. The number of rotatable bonds is 1. The molecule has 98 valence electrons. The molecule has 0 saturated carbocycles. The van der Waals surface area contributed by atoms with Gasteiger partial charge < -0.3 is 5.41 Å². The molecule has 0 aromatic rings. The molecule has 0 saturated heterocycles. The molecular weight excluding hydrogens is 206 g/mol. The van der Waals surface area contributed by atoms with Crippen LogP contribution in [0, 0.1) is 5.41 Å². The van der Waals surface area contributed by atoms with Gasteiger partial charge in [-0.15, -0.1) is 0 Å². The first-order chi connectivity index (χ1) is 8.34. The minimum absolute atomic E-state index is 0.554. The minimum atomic E-state index is 0.554. The van der Waals surface area contributed by atoms with Crippen molar-refractivity contribution >= 4 is 5.71 Å². The van der Waals surface area contributed by atoms with Crippen molar-refractivity contribution in [3.05, 3.63) is 48.6 Å². The van der Waals surface area contributed by atoms with Crippen molar-refractivity contribution in [2.45, 2.75) is 48.0 Å². The molecule has 0 aliphatic heterocycles. The van der Waals surface area contributed by atoms with Crippen LogP contribution in [-0.2, 0) is 0 Å². The van der Waals surface area contributed by atoms with Gasteiger partial charge in [0.15, 0.2) is 0 Å². The van der Waals surface area contributed by atoms with Crippen LogP contribution in [-0.4, -0.2) is 5.71 Å².